The molecule has 0 bridgehead atoms. The minimum Gasteiger partial charge on any atom is -0.364 e. The maximum absolute atomic E-state index is 14.3. The van der Waals surface area contributed by atoms with E-state index in [9.17, 15) is 9.18 Å². The number of nitrogens with zero attached hydrogens (tertiary/aromatic N) is 1. The Morgan fingerprint density at radius 2 is 1.70 bits per heavy atom. The second-order valence-corrected chi connectivity index (χ2v) is 5.26. The van der Waals surface area contributed by atoms with Crippen LogP contribution in [0.5, 0.6) is 0 Å². The molecule has 5 heteroatoms. The largest absolute Gasteiger partial charge is 0.364 e. The molecule has 0 aliphatic heterocycles. The number of primary amides is 1. The fraction of sp³-hybridized carbons (Fsp3) is 0. The van der Waals surface area contributed by atoms with Crippen LogP contribution in [-0.2, 0) is 0 Å². The van der Waals surface area contributed by atoms with E-state index in [1.165, 1.54) is 11.9 Å². The van der Waals surface area contributed by atoms with Crippen molar-refractivity contribution >= 4 is 28.8 Å². The maximum Gasteiger partial charge on any atom is 0.269 e. The van der Waals surface area contributed by atoms with E-state index in [0.717, 1.165) is 4.90 Å². The summed E-state index contributed by atoms with van der Waals surface area (Å²) >= 11 is 1.27. The van der Waals surface area contributed by atoms with Crippen LogP contribution in [0.15, 0.2) is 59.5 Å². The molecule has 3 aromatic rings. The van der Waals surface area contributed by atoms with Crippen LogP contribution in [-0.4, -0.2) is 9.88 Å². The highest BCUT2D eigenvalue weighted by Crippen LogP contribution is 2.32. The van der Waals surface area contributed by atoms with Gasteiger partial charge in [0.2, 0.25) is 0 Å². The first-order valence-corrected chi connectivity index (χ1v) is 6.78. The van der Waals surface area contributed by atoms with Gasteiger partial charge >= 0.3 is 0 Å². The number of carbonyl (C=O) groups excluding carboxylic acids is 1. The van der Waals surface area contributed by atoms with Crippen molar-refractivity contribution in [2.24, 2.45) is 5.73 Å². The normalized spacial score (nSPS) is 10.8. The zero-order valence-electron chi connectivity index (χ0n) is 10.4. The monoisotopic (exact) mass is 286 g/mol. The summed E-state index contributed by atoms with van der Waals surface area (Å²) in [5, 5.41) is 0.393. The average molecular weight is 286 g/mol. The minimum atomic E-state index is -0.776. The van der Waals surface area contributed by atoms with E-state index in [-0.39, 0.29) is 5.69 Å². The highest BCUT2D eigenvalue weighted by atomic mass is 32.2. The number of para-hydroxylation sites is 1. The molecule has 0 fully saturated rings. The summed E-state index contributed by atoms with van der Waals surface area (Å²) in [5.74, 6) is -1.35. The van der Waals surface area contributed by atoms with Gasteiger partial charge in [0.05, 0.1) is 5.52 Å². The highest BCUT2D eigenvalue weighted by molar-refractivity contribution is 7.98. The van der Waals surface area contributed by atoms with Crippen LogP contribution in [0.25, 0.3) is 10.9 Å². The number of carbonyl (C=O) groups is 1. The van der Waals surface area contributed by atoms with Gasteiger partial charge in [-0.25, -0.2) is 4.39 Å². The van der Waals surface area contributed by atoms with Crippen LogP contribution >= 0.6 is 11.9 Å². The number of halogens is 1. The van der Waals surface area contributed by atoms with E-state index < -0.39 is 11.7 Å². The average Bonchev–Trinajstić information content (AvgIpc) is 2.74. The quantitative estimate of drug-likeness (QED) is 0.801. The topological polar surface area (TPSA) is 48.0 Å². The van der Waals surface area contributed by atoms with Crippen molar-refractivity contribution in [2.75, 3.05) is 0 Å². The lowest BCUT2D eigenvalue weighted by Crippen LogP contribution is -2.16. The Kier molecular flexibility index (Phi) is 3.20. The number of hydrogen-bond donors (Lipinski definition) is 1. The number of aromatic nitrogens is 1. The molecule has 3 nitrogen and oxygen atoms in total. The van der Waals surface area contributed by atoms with E-state index in [4.69, 9.17) is 5.73 Å². The van der Waals surface area contributed by atoms with Crippen molar-refractivity contribution < 1.29 is 9.18 Å². The van der Waals surface area contributed by atoms with E-state index in [0.29, 0.717) is 10.9 Å². The first-order chi connectivity index (χ1) is 9.68. The summed E-state index contributed by atoms with van der Waals surface area (Å²) in [6.07, 6.45) is 0. The highest BCUT2D eigenvalue weighted by Gasteiger charge is 2.21. The number of benzene rings is 2. The van der Waals surface area contributed by atoms with E-state index in [1.807, 2.05) is 30.3 Å². The number of rotatable bonds is 3. The van der Waals surface area contributed by atoms with Gasteiger partial charge in [0, 0.05) is 10.3 Å². The van der Waals surface area contributed by atoms with E-state index >= 15 is 0 Å². The van der Waals surface area contributed by atoms with Crippen LogP contribution in [0.2, 0.25) is 0 Å². The van der Waals surface area contributed by atoms with Crippen molar-refractivity contribution in [1.82, 2.24) is 3.97 Å². The van der Waals surface area contributed by atoms with Crippen LogP contribution < -0.4 is 5.73 Å². The van der Waals surface area contributed by atoms with Gasteiger partial charge < -0.3 is 5.73 Å². The van der Waals surface area contributed by atoms with Crippen molar-refractivity contribution in [3.63, 3.8) is 0 Å². The third-order valence-corrected chi connectivity index (χ3v) is 3.99. The molecule has 0 saturated carbocycles. The zero-order valence-corrected chi connectivity index (χ0v) is 11.2. The van der Waals surface area contributed by atoms with Crippen LogP contribution in [0.4, 0.5) is 4.39 Å². The van der Waals surface area contributed by atoms with Gasteiger partial charge in [-0.1, -0.05) is 30.3 Å². The molecule has 0 aliphatic carbocycles. The molecule has 2 aromatic carbocycles. The molecule has 100 valence electrons. The van der Waals surface area contributed by atoms with Gasteiger partial charge in [0.1, 0.15) is 0 Å². The molecule has 1 aromatic heterocycles. The van der Waals surface area contributed by atoms with Gasteiger partial charge in [-0.3, -0.25) is 8.77 Å². The Morgan fingerprint density at radius 1 is 1.05 bits per heavy atom. The zero-order chi connectivity index (χ0) is 14.1. The molecule has 0 spiro atoms. The Labute approximate surface area is 119 Å². The molecule has 1 heterocycles. The number of hydrogen-bond acceptors (Lipinski definition) is 2. The van der Waals surface area contributed by atoms with Crippen molar-refractivity contribution in [3.05, 3.63) is 66.1 Å². The Bertz CT molecular complexity index is 783. The van der Waals surface area contributed by atoms with Crippen molar-refractivity contribution in [3.8, 4) is 0 Å². The number of fused-ring (bicyclic) bond motifs is 1. The number of nitrogens with two attached hydrogens (primary N) is 1. The molecule has 20 heavy (non-hydrogen) atoms. The van der Waals surface area contributed by atoms with Crippen LogP contribution in [0, 0.1) is 5.82 Å². The molecule has 0 unspecified atom stereocenters. The fourth-order valence-corrected chi connectivity index (χ4v) is 3.07. The molecule has 1 amide bonds. The van der Waals surface area contributed by atoms with Gasteiger partial charge in [-0.05, 0) is 36.2 Å². The van der Waals surface area contributed by atoms with Crippen LogP contribution in [0.1, 0.15) is 10.5 Å². The SMILES string of the molecule is NC(=O)c1c(F)c2ccccc2n1Sc1ccccc1. The molecule has 3 rings (SSSR count). The Balaban J connectivity index is 2.22. The van der Waals surface area contributed by atoms with Gasteiger partial charge in [0.15, 0.2) is 11.5 Å². The van der Waals surface area contributed by atoms with E-state index in [1.54, 1.807) is 28.2 Å². The minimum absolute atomic E-state index is 0.111. The second-order valence-electron chi connectivity index (χ2n) is 4.24. The molecule has 0 radical (unpaired) electrons. The summed E-state index contributed by atoms with van der Waals surface area (Å²) in [7, 11) is 0. The third-order valence-electron chi connectivity index (χ3n) is 2.94. The lowest BCUT2D eigenvalue weighted by atomic mass is 10.2. The first-order valence-electron chi connectivity index (χ1n) is 6.00. The van der Waals surface area contributed by atoms with Gasteiger partial charge in [-0.2, -0.15) is 0 Å². The summed E-state index contributed by atoms with van der Waals surface area (Å²) in [4.78, 5) is 12.4. The van der Waals surface area contributed by atoms with Crippen molar-refractivity contribution in [2.45, 2.75) is 4.90 Å². The summed E-state index contributed by atoms with van der Waals surface area (Å²) in [6.45, 7) is 0. The smallest absolute Gasteiger partial charge is 0.269 e. The lowest BCUT2D eigenvalue weighted by Gasteiger charge is -2.07. The molecule has 0 aliphatic rings. The van der Waals surface area contributed by atoms with Gasteiger partial charge in [-0.15, -0.1) is 0 Å². The number of amides is 1. The Hall–Kier alpha value is -2.27. The Morgan fingerprint density at radius 3 is 2.40 bits per heavy atom. The summed E-state index contributed by atoms with van der Waals surface area (Å²) in [6, 6.07) is 16.4. The molecular weight excluding hydrogens is 275 g/mol. The van der Waals surface area contributed by atoms with Crippen molar-refractivity contribution in [1.29, 1.82) is 0 Å². The molecule has 2 N–H and O–H groups in total. The van der Waals surface area contributed by atoms with E-state index in [2.05, 4.69) is 0 Å². The predicted molar refractivity (Wildman–Crippen MR) is 78.1 cm³/mol. The summed E-state index contributed by atoms with van der Waals surface area (Å²) in [5.41, 5.74) is 5.84. The summed E-state index contributed by atoms with van der Waals surface area (Å²) < 4.78 is 15.9. The first kappa shape index (κ1) is 12.7. The van der Waals surface area contributed by atoms with Crippen LogP contribution in [0.3, 0.4) is 0 Å². The molecule has 0 saturated heterocycles. The lowest BCUT2D eigenvalue weighted by molar-refractivity contribution is 0.0991. The third kappa shape index (κ3) is 2.06. The molecule has 0 atom stereocenters. The second kappa shape index (κ2) is 5.02. The molecular formula is C15H11FN2OS. The van der Waals surface area contributed by atoms with Gasteiger partial charge in [0.25, 0.3) is 5.91 Å². The predicted octanol–water partition coefficient (Wildman–Crippen LogP) is 3.43. The standard InChI is InChI=1S/C15H11FN2OS/c16-13-11-8-4-5-9-12(11)18(14(13)15(17)19)20-10-6-2-1-3-7-10/h1-9H,(H2,17,19). The fourth-order valence-electron chi connectivity index (χ4n) is 2.06. The maximum atomic E-state index is 14.3.